The number of nitrogens with one attached hydrogen (secondary N) is 1. The van der Waals surface area contributed by atoms with Crippen molar-refractivity contribution in [1.82, 2.24) is 24.7 Å². The maximum absolute atomic E-state index is 9.59. The first kappa shape index (κ1) is 18.0. The zero-order chi connectivity index (χ0) is 20.7. The SMILES string of the molecule is Cc1cc(-n2ncc(C#N)c2Nc2nc3ccccc3nc2Cl)nc2ccccc12. The van der Waals surface area contributed by atoms with Crippen molar-refractivity contribution >= 4 is 45.2 Å². The van der Waals surface area contributed by atoms with Gasteiger partial charge in [-0.05, 0) is 36.8 Å². The van der Waals surface area contributed by atoms with Gasteiger partial charge in [-0.2, -0.15) is 15.0 Å². The van der Waals surface area contributed by atoms with Gasteiger partial charge in [0, 0.05) is 5.39 Å². The van der Waals surface area contributed by atoms with Gasteiger partial charge < -0.3 is 5.32 Å². The zero-order valence-electron chi connectivity index (χ0n) is 15.8. The van der Waals surface area contributed by atoms with Crippen LogP contribution < -0.4 is 5.32 Å². The maximum atomic E-state index is 9.59. The van der Waals surface area contributed by atoms with Crippen molar-refractivity contribution in [3.63, 3.8) is 0 Å². The molecule has 0 aliphatic heterocycles. The number of hydrogen-bond donors (Lipinski definition) is 1. The largest absolute Gasteiger partial charge is 0.321 e. The predicted octanol–water partition coefficient (Wildman–Crippen LogP) is 4.94. The average Bonchev–Trinajstić information content (AvgIpc) is 3.17. The van der Waals surface area contributed by atoms with Crippen molar-refractivity contribution in [2.24, 2.45) is 0 Å². The Morgan fingerprint density at radius 1 is 0.967 bits per heavy atom. The van der Waals surface area contributed by atoms with Crippen LogP contribution in [0, 0.1) is 18.3 Å². The Morgan fingerprint density at radius 3 is 2.43 bits per heavy atom. The fraction of sp³-hybridized carbons (Fsp3) is 0.0455. The number of para-hydroxylation sites is 3. The summed E-state index contributed by atoms with van der Waals surface area (Å²) in [5.41, 5.74) is 3.62. The second kappa shape index (κ2) is 7.10. The number of pyridine rings is 1. The van der Waals surface area contributed by atoms with E-state index in [0.29, 0.717) is 34.1 Å². The molecule has 0 unspecified atom stereocenters. The molecule has 0 atom stereocenters. The van der Waals surface area contributed by atoms with E-state index in [1.165, 1.54) is 6.20 Å². The van der Waals surface area contributed by atoms with E-state index < -0.39 is 0 Å². The smallest absolute Gasteiger partial charge is 0.172 e. The van der Waals surface area contributed by atoms with Crippen LogP contribution in [-0.4, -0.2) is 24.7 Å². The number of anilines is 2. The number of rotatable bonds is 3. The van der Waals surface area contributed by atoms with Crippen LogP contribution in [-0.2, 0) is 0 Å². The van der Waals surface area contributed by atoms with Crippen LogP contribution in [0.4, 0.5) is 11.6 Å². The van der Waals surface area contributed by atoms with Gasteiger partial charge in [-0.3, -0.25) is 0 Å². The summed E-state index contributed by atoms with van der Waals surface area (Å²) in [5, 5.41) is 18.4. The Bertz CT molecular complexity index is 1470. The van der Waals surface area contributed by atoms with E-state index in [9.17, 15) is 5.26 Å². The molecule has 3 heterocycles. The van der Waals surface area contributed by atoms with E-state index in [1.54, 1.807) is 4.68 Å². The molecule has 0 saturated heterocycles. The van der Waals surface area contributed by atoms with Gasteiger partial charge in [0.2, 0.25) is 0 Å². The van der Waals surface area contributed by atoms with Crippen LogP contribution in [0.1, 0.15) is 11.1 Å². The highest BCUT2D eigenvalue weighted by atomic mass is 35.5. The van der Waals surface area contributed by atoms with E-state index in [4.69, 9.17) is 16.6 Å². The minimum absolute atomic E-state index is 0.202. The van der Waals surface area contributed by atoms with Crippen molar-refractivity contribution in [2.75, 3.05) is 5.32 Å². The van der Waals surface area contributed by atoms with Crippen molar-refractivity contribution in [1.29, 1.82) is 5.26 Å². The molecule has 0 bridgehead atoms. The molecule has 8 heteroatoms. The summed E-state index contributed by atoms with van der Waals surface area (Å²) in [6.07, 6.45) is 1.48. The Balaban J connectivity index is 1.65. The molecule has 0 spiro atoms. The highest BCUT2D eigenvalue weighted by Gasteiger charge is 2.17. The van der Waals surface area contributed by atoms with Crippen LogP contribution >= 0.6 is 11.6 Å². The van der Waals surface area contributed by atoms with E-state index in [0.717, 1.165) is 16.5 Å². The Morgan fingerprint density at radius 2 is 1.67 bits per heavy atom. The number of nitriles is 1. The number of benzene rings is 2. The van der Waals surface area contributed by atoms with Gasteiger partial charge in [-0.15, -0.1) is 0 Å². The molecular formula is C22H14ClN7. The Labute approximate surface area is 176 Å². The van der Waals surface area contributed by atoms with Crippen molar-refractivity contribution in [3.05, 3.63) is 77.1 Å². The molecule has 3 aromatic heterocycles. The summed E-state index contributed by atoms with van der Waals surface area (Å²) in [5.74, 6) is 1.34. The van der Waals surface area contributed by atoms with Gasteiger partial charge in [0.05, 0.1) is 22.7 Å². The Hall–Kier alpha value is -4.02. The van der Waals surface area contributed by atoms with E-state index >= 15 is 0 Å². The van der Waals surface area contributed by atoms with Gasteiger partial charge in [-0.25, -0.2) is 15.0 Å². The van der Waals surface area contributed by atoms with Gasteiger partial charge >= 0.3 is 0 Å². The second-order valence-electron chi connectivity index (χ2n) is 6.72. The number of aromatic nitrogens is 5. The molecule has 0 amide bonds. The van der Waals surface area contributed by atoms with Gasteiger partial charge in [0.15, 0.2) is 22.6 Å². The normalized spacial score (nSPS) is 11.0. The summed E-state index contributed by atoms with van der Waals surface area (Å²) in [6, 6.07) is 19.4. The number of fused-ring (bicyclic) bond motifs is 2. The molecule has 0 saturated carbocycles. The molecule has 30 heavy (non-hydrogen) atoms. The minimum atomic E-state index is 0.202. The van der Waals surface area contributed by atoms with Gasteiger partial charge in [-0.1, -0.05) is 41.9 Å². The van der Waals surface area contributed by atoms with E-state index in [2.05, 4.69) is 26.5 Å². The zero-order valence-corrected chi connectivity index (χ0v) is 16.6. The number of aryl methyl sites for hydroxylation is 1. The second-order valence-corrected chi connectivity index (χ2v) is 7.08. The van der Waals surface area contributed by atoms with Crippen LogP contribution in [0.3, 0.4) is 0 Å². The minimum Gasteiger partial charge on any atom is -0.321 e. The van der Waals surface area contributed by atoms with E-state index in [-0.39, 0.29) is 5.15 Å². The molecule has 7 nitrogen and oxygen atoms in total. The van der Waals surface area contributed by atoms with Crippen molar-refractivity contribution in [2.45, 2.75) is 6.92 Å². The van der Waals surface area contributed by atoms with Crippen molar-refractivity contribution in [3.8, 4) is 11.9 Å². The third-order valence-electron chi connectivity index (χ3n) is 4.78. The van der Waals surface area contributed by atoms with Crippen molar-refractivity contribution < 1.29 is 0 Å². The first-order chi connectivity index (χ1) is 14.6. The van der Waals surface area contributed by atoms with Crippen LogP contribution in [0.25, 0.3) is 27.8 Å². The number of halogens is 1. The molecule has 0 aliphatic carbocycles. The third kappa shape index (κ3) is 3.00. The molecule has 2 aromatic carbocycles. The fourth-order valence-corrected chi connectivity index (χ4v) is 3.52. The first-order valence-corrected chi connectivity index (χ1v) is 9.56. The van der Waals surface area contributed by atoms with Crippen LogP contribution in [0.5, 0.6) is 0 Å². The highest BCUT2D eigenvalue weighted by Crippen LogP contribution is 2.28. The maximum Gasteiger partial charge on any atom is 0.172 e. The van der Waals surface area contributed by atoms with Gasteiger partial charge in [0.25, 0.3) is 0 Å². The summed E-state index contributed by atoms with van der Waals surface area (Å²) < 4.78 is 1.57. The lowest BCUT2D eigenvalue weighted by Gasteiger charge is -2.12. The topological polar surface area (TPSA) is 92.3 Å². The lowest BCUT2D eigenvalue weighted by molar-refractivity contribution is 0.858. The molecule has 0 aliphatic rings. The fourth-order valence-electron chi connectivity index (χ4n) is 3.33. The first-order valence-electron chi connectivity index (χ1n) is 9.18. The predicted molar refractivity (Wildman–Crippen MR) is 116 cm³/mol. The molecule has 5 aromatic rings. The molecular weight excluding hydrogens is 398 g/mol. The lowest BCUT2D eigenvalue weighted by atomic mass is 10.1. The Kier molecular flexibility index (Phi) is 4.27. The lowest BCUT2D eigenvalue weighted by Crippen LogP contribution is -2.07. The molecule has 0 fully saturated rings. The number of nitrogens with zero attached hydrogens (tertiary/aromatic N) is 6. The monoisotopic (exact) mass is 411 g/mol. The third-order valence-corrected chi connectivity index (χ3v) is 5.04. The van der Waals surface area contributed by atoms with Crippen LogP contribution in [0.2, 0.25) is 5.15 Å². The number of hydrogen-bond acceptors (Lipinski definition) is 6. The summed E-state index contributed by atoms with van der Waals surface area (Å²) in [4.78, 5) is 13.6. The average molecular weight is 412 g/mol. The summed E-state index contributed by atoms with van der Waals surface area (Å²) in [6.45, 7) is 2.01. The quantitative estimate of drug-likeness (QED) is 0.452. The highest BCUT2D eigenvalue weighted by molar-refractivity contribution is 6.32. The summed E-state index contributed by atoms with van der Waals surface area (Å²) >= 11 is 6.35. The van der Waals surface area contributed by atoms with E-state index in [1.807, 2.05) is 61.5 Å². The van der Waals surface area contributed by atoms with Gasteiger partial charge in [0.1, 0.15) is 11.6 Å². The molecule has 144 valence electrons. The van der Waals surface area contributed by atoms with Crippen LogP contribution in [0.15, 0.2) is 60.8 Å². The molecule has 5 rings (SSSR count). The molecule has 1 N–H and O–H groups in total. The summed E-state index contributed by atoms with van der Waals surface area (Å²) in [7, 11) is 0. The molecule has 0 radical (unpaired) electrons. The standard InChI is InChI=1S/C22H14ClN7/c1-13-10-19(26-16-7-3-2-6-15(13)16)30-22(14(11-24)12-25-30)29-21-20(23)27-17-8-4-5-9-18(17)28-21/h2-10,12H,1H3,(H,28,29).